The standard InChI is InChI=1S/C18H22N2OS/c1-18(2,3)22-16-10-8-15(9-11-16)20-17(21)14-6-4-13(12-19)5-7-14/h4-11H,12,19H2,1-3H3,(H,20,21). The predicted molar refractivity (Wildman–Crippen MR) is 94.3 cm³/mol. The molecule has 2 aromatic rings. The third-order valence-corrected chi connectivity index (χ3v) is 4.11. The lowest BCUT2D eigenvalue weighted by molar-refractivity contribution is 0.102. The van der Waals surface area contributed by atoms with Crippen LogP contribution >= 0.6 is 11.8 Å². The van der Waals surface area contributed by atoms with Crippen molar-refractivity contribution in [3.8, 4) is 0 Å². The molecule has 3 nitrogen and oxygen atoms in total. The maximum absolute atomic E-state index is 12.2. The number of hydrogen-bond acceptors (Lipinski definition) is 3. The number of carbonyl (C=O) groups is 1. The monoisotopic (exact) mass is 314 g/mol. The smallest absolute Gasteiger partial charge is 0.255 e. The number of nitrogens with one attached hydrogen (secondary N) is 1. The zero-order valence-electron chi connectivity index (χ0n) is 13.2. The Balaban J connectivity index is 2.02. The summed E-state index contributed by atoms with van der Waals surface area (Å²) in [6, 6.07) is 15.3. The molecule has 0 unspecified atom stereocenters. The van der Waals surface area contributed by atoms with E-state index >= 15 is 0 Å². The van der Waals surface area contributed by atoms with Crippen LogP contribution in [0.25, 0.3) is 0 Å². The number of hydrogen-bond donors (Lipinski definition) is 2. The lowest BCUT2D eigenvalue weighted by atomic mass is 10.1. The lowest BCUT2D eigenvalue weighted by Gasteiger charge is -2.17. The maximum Gasteiger partial charge on any atom is 0.255 e. The molecule has 0 aliphatic rings. The summed E-state index contributed by atoms with van der Waals surface area (Å²) in [6.45, 7) is 7.02. The number of benzene rings is 2. The van der Waals surface area contributed by atoms with E-state index in [1.54, 1.807) is 23.9 Å². The topological polar surface area (TPSA) is 55.1 Å². The third-order valence-electron chi connectivity index (χ3n) is 2.99. The average molecular weight is 314 g/mol. The summed E-state index contributed by atoms with van der Waals surface area (Å²) in [7, 11) is 0. The van der Waals surface area contributed by atoms with Crippen LogP contribution in [0.4, 0.5) is 5.69 Å². The van der Waals surface area contributed by atoms with E-state index in [2.05, 4.69) is 26.1 Å². The van der Waals surface area contributed by atoms with Crippen LogP contribution in [-0.2, 0) is 6.54 Å². The molecule has 0 aliphatic heterocycles. The van der Waals surface area contributed by atoms with Crippen molar-refractivity contribution in [3.63, 3.8) is 0 Å². The van der Waals surface area contributed by atoms with Gasteiger partial charge in [-0.2, -0.15) is 0 Å². The first-order valence-electron chi connectivity index (χ1n) is 7.27. The Morgan fingerprint density at radius 2 is 1.64 bits per heavy atom. The zero-order valence-corrected chi connectivity index (χ0v) is 14.0. The minimum absolute atomic E-state index is 0.111. The van der Waals surface area contributed by atoms with Crippen molar-refractivity contribution in [2.75, 3.05) is 5.32 Å². The van der Waals surface area contributed by atoms with E-state index in [0.29, 0.717) is 12.1 Å². The van der Waals surface area contributed by atoms with Gasteiger partial charge in [0.15, 0.2) is 0 Å². The van der Waals surface area contributed by atoms with Crippen LogP contribution in [-0.4, -0.2) is 10.7 Å². The van der Waals surface area contributed by atoms with Gasteiger partial charge in [-0.1, -0.05) is 32.9 Å². The molecule has 3 N–H and O–H groups in total. The fourth-order valence-corrected chi connectivity index (χ4v) is 2.93. The minimum atomic E-state index is -0.111. The molecule has 0 bridgehead atoms. The van der Waals surface area contributed by atoms with Gasteiger partial charge < -0.3 is 11.1 Å². The van der Waals surface area contributed by atoms with Crippen molar-refractivity contribution >= 4 is 23.4 Å². The van der Waals surface area contributed by atoms with Crippen LogP contribution in [0.3, 0.4) is 0 Å². The summed E-state index contributed by atoms with van der Waals surface area (Å²) in [5.74, 6) is -0.111. The van der Waals surface area contributed by atoms with E-state index in [1.165, 1.54) is 4.90 Å². The van der Waals surface area contributed by atoms with Gasteiger partial charge in [0.05, 0.1) is 0 Å². The molecule has 0 fully saturated rings. The van der Waals surface area contributed by atoms with Gasteiger partial charge in [0.1, 0.15) is 0 Å². The van der Waals surface area contributed by atoms with Crippen molar-refractivity contribution in [1.82, 2.24) is 0 Å². The molecule has 2 aromatic carbocycles. The fourth-order valence-electron chi connectivity index (χ4n) is 1.96. The zero-order chi connectivity index (χ0) is 16.2. The Labute approximate surface area is 136 Å². The Hall–Kier alpha value is -1.78. The first kappa shape index (κ1) is 16.6. The lowest BCUT2D eigenvalue weighted by Crippen LogP contribution is -2.12. The molecular weight excluding hydrogens is 292 g/mol. The molecule has 0 radical (unpaired) electrons. The van der Waals surface area contributed by atoms with Crippen molar-refractivity contribution < 1.29 is 4.79 Å². The summed E-state index contributed by atoms with van der Waals surface area (Å²) in [6.07, 6.45) is 0. The molecule has 0 spiro atoms. The number of amides is 1. The normalized spacial score (nSPS) is 11.3. The summed E-state index contributed by atoms with van der Waals surface area (Å²) >= 11 is 1.80. The average Bonchev–Trinajstić information content (AvgIpc) is 2.48. The van der Waals surface area contributed by atoms with Crippen LogP contribution in [0.2, 0.25) is 0 Å². The Morgan fingerprint density at radius 3 is 2.14 bits per heavy atom. The highest BCUT2D eigenvalue weighted by atomic mass is 32.2. The number of anilines is 1. The predicted octanol–water partition coefficient (Wildman–Crippen LogP) is 4.29. The van der Waals surface area contributed by atoms with Crippen molar-refractivity contribution in [3.05, 3.63) is 59.7 Å². The Morgan fingerprint density at radius 1 is 1.05 bits per heavy atom. The van der Waals surface area contributed by atoms with Crippen LogP contribution in [0, 0.1) is 0 Å². The summed E-state index contributed by atoms with van der Waals surface area (Å²) < 4.78 is 0.176. The van der Waals surface area contributed by atoms with E-state index in [0.717, 1.165) is 11.3 Å². The van der Waals surface area contributed by atoms with Gasteiger partial charge in [0.25, 0.3) is 5.91 Å². The molecule has 2 rings (SSSR count). The fraction of sp³-hybridized carbons (Fsp3) is 0.278. The van der Waals surface area contributed by atoms with E-state index in [9.17, 15) is 4.79 Å². The van der Waals surface area contributed by atoms with Gasteiger partial charge in [-0.25, -0.2) is 0 Å². The molecule has 0 atom stereocenters. The first-order valence-corrected chi connectivity index (χ1v) is 8.08. The molecule has 0 saturated carbocycles. The van der Waals surface area contributed by atoms with E-state index in [-0.39, 0.29) is 10.7 Å². The van der Waals surface area contributed by atoms with E-state index in [1.807, 2.05) is 36.4 Å². The molecular formula is C18H22N2OS. The van der Waals surface area contributed by atoms with Gasteiger partial charge in [-0.15, -0.1) is 11.8 Å². The SMILES string of the molecule is CC(C)(C)Sc1ccc(NC(=O)c2ccc(CN)cc2)cc1. The van der Waals surface area contributed by atoms with Crippen LogP contribution in [0.15, 0.2) is 53.4 Å². The quantitative estimate of drug-likeness (QED) is 0.828. The third kappa shape index (κ3) is 4.90. The van der Waals surface area contributed by atoms with Gasteiger partial charge in [0, 0.05) is 27.4 Å². The molecule has 1 amide bonds. The minimum Gasteiger partial charge on any atom is -0.326 e. The van der Waals surface area contributed by atoms with Crippen molar-refractivity contribution in [2.24, 2.45) is 5.73 Å². The summed E-state index contributed by atoms with van der Waals surface area (Å²) in [4.78, 5) is 13.4. The highest BCUT2D eigenvalue weighted by Gasteiger charge is 2.12. The second kappa shape index (κ2) is 6.99. The summed E-state index contributed by atoms with van der Waals surface area (Å²) in [5.41, 5.74) is 8.00. The molecule has 22 heavy (non-hydrogen) atoms. The van der Waals surface area contributed by atoms with Crippen LogP contribution in [0.1, 0.15) is 36.7 Å². The Bertz CT molecular complexity index is 628. The highest BCUT2D eigenvalue weighted by Crippen LogP contribution is 2.32. The van der Waals surface area contributed by atoms with Crippen molar-refractivity contribution in [2.45, 2.75) is 37.0 Å². The summed E-state index contributed by atoms with van der Waals surface area (Å²) in [5, 5.41) is 2.91. The highest BCUT2D eigenvalue weighted by molar-refractivity contribution is 8.00. The number of nitrogens with two attached hydrogens (primary N) is 1. The molecule has 0 saturated heterocycles. The second-order valence-corrected chi connectivity index (χ2v) is 7.99. The van der Waals surface area contributed by atoms with Gasteiger partial charge in [-0.05, 0) is 42.0 Å². The van der Waals surface area contributed by atoms with Gasteiger partial charge in [-0.3, -0.25) is 4.79 Å². The number of thioether (sulfide) groups is 1. The second-order valence-electron chi connectivity index (χ2n) is 6.09. The first-order chi connectivity index (χ1) is 10.4. The van der Waals surface area contributed by atoms with E-state index < -0.39 is 0 Å². The number of carbonyl (C=O) groups excluding carboxylic acids is 1. The molecule has 4 heteroatoms. The van der Waals surface area contributed by atoms with Crippen molar-refractivity contribution in [1.29, 1.82) is 0 Å². The maximum atomic E-state index is 12.2. The molecule has 116 valence electrons. The van der Waals surface area contributed by atoms with Gasteiger partial charge in [0.2, 0.25) is 0 Å². The molecule has 0 aromatic heterocycles. The largest absolute Gasteiger partial charge is 0.326 e. The molecule has 0 heterocycles. The van der Waals surface area contributed by atoms with Crippen LogP contribution < -0.4 is 11.1 Å². The van der Waals surface area contributed by atoms with Gasteiger partial charge >= 0.3 is 0 Å². The number of rotatable bonds is 4. The Kier molecular flexibility index (Phi) is 5.27. The van der Waals surface area contributed by atoms with Crippen LogP contribution in [0.5, 0.6) is 0 Å². The molecule has 0 aliphatic carbocycles. The van der Waals surface area contributed by atoms with E-state index in [4.69, 9.17) is 5.73 Å².